The molecule has 4 bridgehead atoms. The first-order chi connectivity index (χ1) is 13.9. The summed E-state index contributed by atoms with van der Waals surface area (Å²) in [5.41, 5.74) is -3.14. The molecule has 1 unspecified atom stereocenters. The van der Waals surface area contributed by atoms with E-state index in [1.165, 1.54) is 0 Å². The van der Waals surface area contributed by atoms with Crippen molar-refractivity contribution in [2.24, 2.45) is 45.3 Å². The van der Waals surface area contributed by atoms with Crippen LogP contribution in [0.3, 0.4) is 0 Å². The summed E-state index contributed by atoms with van der Waals surface area (Å²) < 4.78 is 6.63. The lowest BCUT2D eigenvalue weighted by Crippen LogP contribution is -2.84. The predicted octanol–water partition coefficient (Wildman–Crippen LogP) is 2.66. The number of rotatable bonds is 1. The van der Waals surface area contributed by atoms with Crippen LogP contribution in [0.1, 0.15) is 47.0 Å². The van der Waals surface area contributed by atoms with Crippen molar-refractivity contribution in [1.29, 1.82) is 0 Å². The monoisotopic (exact) mass is 410 g/mol. The minimum atomic E-state index is -1.04. The number of Topliss-reactive ketones (excluding diaryl/α,β-unsaturated/α-hetero) is 2. The molecule has 0 aromatic rings. The van der Waals surface area contributed by atoms with Gasteiger partial charge in [-0.25, -0.2) is 0 Å². The molecule has 5 aliphatic carbocycles. The number of aliphatic hydroxyl groups excluding tert-OH is 1. The Balaban J connectivity index is 1.74. The van der Waals surface area contributed by atoms with Crippen LogP contribution in [0.15, 0.2) is 23.8 Å². The van der Waals surface area contributed by atoms with Gasteiger partial charge in [-0.15, -0.1) is 0 Å². The summed E-state index contributed by atoms with van der Waals surface area (Å²) in [5, 5.41) is 12.1. The van der Waals surface area contributed by atoms with E-state index in [2.05, 4.69) is 20.4 Å². The molecule has 3 spiro atoms. The number of fused-ring (bicyclic) bond motifs is 1. The lowest BCUT2D eigenvalue weighted by molar-refractivity contribution is -0.366. The highest BCUT2D eigenvalue weighted by molar-refractivity contribution is 6.17. The van der Waals surface area contributed by atoms with Gasteiger partial charge in [0.1, 0.15) is 5.60 Å². The van der Waals surface area contributed by atoms with E-state index in [9.17, 15) is 19.5 Å². The molecule has 7 aliphatic rings. The molecule has 6 fully saturated rings. The van der Waals surface area contributed by atoms with E-state index in [0.717, 1.165) is 19.3 Å². The molecular formula is C25H30O5. The minimum absolute atomic E-state index is 0.00922. The molecule has 1 N–H and O–H groups in total. The van der Waals surface area contributed by atoms with Gasteiger partial charge in [-0.1, -0.05) is 40.3 Å². The molecule has 2 heterocycles. The minimum Gasteiger partial charge on any atom is -0.390 e. The van der Waals surface area contributed by atoms with Crippen LogP contribution in [0, 0.1) is 45.3 Å². The van der Waals surface area contributed by atoms with Gasteiger partial charge >= 0.3 is 0 Å². The van der Waals surface area contributed by atoms with E-state index in [0.29, 0.717) is 11.9 Å². The molecule has 0 aromatic carbocycles. The number of hydrogen-bond donors (Lipinski definition) is 1. The van der Waals surface area contributed by atoms with Gasteiger partial charge in [0.15, 0.2) is 17.9 Å². The lowest BCUT2D eigenvalue weighted by Gasteiger charge is -2.74. The second kappa shape index (κ2) is 4.91. The fourth-order valence-electron chi connectivity index (χ4n) is 10.0. The highest BCUT2D eigenvalue weighted by atomic mass is 16.5. The van der Waals surface area contributed by atoms with Crippen LogP contribution in [-0.2, 0) is 19.1 Å². The van der Waals surface area contributed by atoms with Crippen LogP contribution in [0.4, 0.5) is 0 Å². The molecule has 0 amide bonds. The number of carbonyl (C=O) groups excluding carboxylic acids is 3. The van der Waals surface area contributed by atoms with E-state index in [1.54, 1.807) is 6.08 Å². The zero-order chi connectivity index (χ0) is 21.6. The number of ether oxygens (including phenoxy) is 1. The van der Waals surface area contributed by atoms with Crippen LogP contribution in [0.5, 0.6) is 0 Å². The Morgan fingerprint density at radius 1 is 1.17 bits per heavy atom. The largest absolute Gasteiger partial charge is 0.390 e. The van der Waals surface area contributed by atoms with Gasteiger partial charge in [0, 0.05) is 5.92 Å². The molecule has 160 valence electrons. The summed E-state index contributed by atoms with van der Waals surface area (Å²) in [6.07, 6.45) is 3.79. The molecule has 4 saturated carbocycles. The fourth-order valence-corrected chi connectivity index (χ4v) is 10.0. The van der Waals surface area contributed by atoms with Gasteiger partial charge in [0.05, 0.1) is 29.1 Å². The van der Waals surface area contributed by atoms with Crippen molar-refractivity contribution < 1.29 is 24.2 Å². The summed E-state index contributed by atoms with van der Waals surface area (Å²) in [6, 6.07) is 0. The summed E-state index contributed by atoms with van der Waals surface area (Å²) in [6.45, 7) is 12.6. The maximum atomic E-state index is 14.0. The van der Waals surface area contributed by atoms with Gasteiger partial charge in [-0.05, 0) is 53.4 Å². The maximum Gasteiger partial charge on any atom is 0.175 e. The van der Waals surface area contributed by atoms with E-state index in [4.69, 9.17) is 4.74 Å². The molecule has 0 aromatic heterocycles. The Bertz CT molecular complexity index is 987. The van der Waals surface area contributed by atoms with Gasteiger partial charge in [0.25, 0.3) is 0 Å². The van der Waals surface area contributed by atoms with Gasteiger partial charge in [-0.2, -0.15) is 0 Å². The standard InChI is InChI=1S/C25H30O5/c1-12-14-6-7-16-23-11-30-25(22(4,5)9-15(14)24(16,25)18(12)27)20(29)17(23)21(2,3)8-13(10-26)19(23)28/h8,10,14-17,20,29H,1,6-7,9,11H2,2-5H3/t14-,15+,16-,17+,20-,23-,24-,25?/m0/s1. The highest BCUT2D eigenvalue weighted by Gasteiger charge is 2.91. The Hall–Kier alpha value is -1.59. The molecular weight excluding hydrogens is 380 g/mol. The average Bonchev–Trinajstić information content (AvgIpc) is 2.95. The number of carbonyl (C=O) groups is 3. The number of hydrogen-bond acceptors (Lipinski definition) is 5. The Kier molecular flexibility index (Phi) is 3.13. The van der Waals surface area contributed by atoms with Crippen molar-refractivity contribution in [2.75, 3.05) is 6.61 Å². The molecule has 5 heteroatoms. The van der Waals surface area contributed by atoms with E-state index in [-0.39, 0.29) is 47.4 Å². The van der Waals surface area contributed by atoms with Crippen molar-refractivity contribution in [3.63, 3.8) is 0 Å². The molecule has 30 heavy (non-hydrogen) atoms. The summed E-state index contributed by atoms with van der Waals surface area (Å²) >= 11 is 0. The summed E-state index contributed by atoms with van der Waals surface area (Å²) in [5.74, 6) is -0.694. The fraction of sp³-hybridized carbons (Fsp3) is 0.720. The second-order valence-electron chi connectivity index (χ2n) is 12.0. The Morgan fingerprint density at radius 2 is 1.87 bits per heavy atom. The molecule has 8 atom stereocenters. The summed E-state index contributed by atoms with van der Waals surface area (Å²) in [7, 11) is 0. The molecule has 0 radical (unpaired) electrons. The lowest BCUT2D eigenvalue weighted by atomic mass is 9.33. The molecule has 7 rings (SSSR count). The number of allylic oxidation sites excluding steroid dienone is 3. The SMILES string of the molecule is C=C1C(=O)[C@@]23[C@@H]4CC(C)(C)C25OC[C@]2(C(=O)C(C=O)=CC(C)(C)[C@H]2[C@@H]5O)[C@@H]3CC[C@@H]14. The Morgan fingerprint density at radius 3 is 2.53 bits per heavy atom. The number of aliphatic hydroxyl groups is 1. The van der Waals surface area contributed by atoms with Gasteiger partial charge < -0.3 is 9.84 Å². The van der Waals surface area contributed by atoms with Crippen molar-refractivity contribution in [2.45, 2.75) is 58.7 Å². The third-order valence-electron chi connectivity index (χ3n) is 10.4. The van der Waals surface area contributed by atoms with Gasteiger partial charge in [-0.3, -0.25) is 14.4 Å². The summed E-state index contributed by atoms with van der Waals surface area (Å²) in [4.78, 5) is 39.8. The molecule has 5 nitrogen and oxygen atoms in total. The van der Waals surface area contributed by atoms with Crippen LogP contribution in [-0.4, -0.2) is 41.3 Å². The third-order valence-corrected chi connectivity index (χ3v) is 10.4. The molecule has 2 saturated heterocycles. The quantitative estimate of drug-likeness (QED) is 0.408. The first-order valence-electron chi connectivity index (χ1n) is 11.2. The average molecular weight is 411 g/mol. The first-order valence-corrected chi connectivity index (χ1v) is 11.2. The van der Waals surface area contributed by atoms with Crippen molar-refractivity contribution in [1.82, 2.24) is 0 Å². The van der Waals surface area contributed by atoms with E-state index in [1.807, 2.05) is 13.8 Å². The van der Waals surface area contributed by atoms with Crippen LogP contribution in [0.25, 0.3) is 0 Å². The predicted molar refractivity (Wildman–Crippen MR) is 108 cm³/mol. The highest BCUT2D eigenvalue weighted by Crippen LogP contribution is 2.84. The van der Waals surface area contributed by atoms with Crippen LogP contribution in [0.2, 0.25) is 0 Å². The third kappa shape index (κ3) is 1.45. The van der Waals surface area contributed by atoms with E-state index < -0.39 is 33.4 Å². The van der Waals surface area contributed by atoms with E-state index >= 15 is 0 Å². The zero-order valence-corrected chi connectivity index (χ0v) is 18.2. The number of aldehydes is 1. The zero-order valence-electron chi connectivity index (χ0n) is 18.2. The van der Waals surface area contributed by atoms with Crippen molar-refractivity contribution in [3.05, 3.63) is 23.8 Å². The number of ketones is 2. The Labute approximate surface area is 176 Å². The smallest absolute Gasteiger partial charge is 0.175 e. The van der Waals surface area contributed by atoms with Crippen LogP contribution >= 0.6 is 0 Å². The second-order valence-corrected chi connectivity index (χ2v) is 12.0. The first kappa shape index (κ1) is 19.1. The van der Waals surface area contributed by atoms with Crippen molar-refractivity contribution in [3.8, 4) is 0 Å². The van der Waals surface area contributed by atoms with Crippen LogP contribution < -0.4 is 0 Å². The normalized spacial score (nSPS) is 54.0. The maximum absolute atomic E-state index is 14.0. The van der Waals surface area contributed by atoms with Crippen molar-refractivity contribution >= 4 is 17.9 Å². The van der Waals surface area contributed by atoms with Gasteiger partial charge in [0.2, 0.25) is 0 Å². The topological polar surface area (TPSA) is 80.7 Å². The molecule has 2 aliphatic heterocycles.